The smallest absolute Gasteiger partial charge is 0.249 e. The molecule has 2 saturated heterocycles. The van der Waals surface area contributed by atoms with Crippen LogP contribution in [0.3, 0.4) is 0 Å². The van der Waals surface area contributed by atoms with E-state index in [1.54, 1.807) is 14.7 Å². The van der Waals surface area contributed by atoms with Gasteiger partial charge in [0.2, 0.25) is 17.7 Å². The summed E-state index contributed by atoms with van der Waals surface area (Å²) in [5.41, 5.74) is -1.61. The second-order valence-corrected chi connectivity index (χ2v) is 11.0. The molecule has 1 N–H and O–H groups in total. The van der Waals surface area contributed by atoms with Crippen LogP contribution < -0.4 is 9.64 Å². The highest BCUT2D eigenvalue weighted by atomic mass is 16.5. The number of anilines is 1. The molecule has 5 atom stereocenters. The number of ether oxygens (including phenoxy) is 2. The second-order valence-electron chi connectivity index (χ2n) is 11.0. The molecule has 1 aromatic rings. The molecule has 9 nitrogen and oxygen atoms in total. The molecular formula is C30H39N3O6. The molecule has 0 saturated carbocycles. The molecule has 1 unspecified atom stereocenters. The Balaban J connectivity index is 1.61. The van der Waals surface area contributed by atoms with Gasteiger partial charge in [0.1, 0.15) is 17.4 Å². The summed E-state index contributed by atoms with van der Waals surface area (Å²) < 4.78 is 12.5. The number of likely N-dealkylation sites (tertiary alicyclic amines) is 1. The van der Waals surface area contributed by atoms with Crippen LogP contribution in [0.4, 0.5) is 5.69 Å². The molecule has 4 aliphatic heterocycles. The van der Waals surface area contributed by atoms with Crippen molar-refractivity contribution in [2.45, 2.75) is 63.8 Å². The molecule has 0 aliphatic carbocycles. The highest BCUT2D eigenvalue weighted by Crippen LogP contribution is 2.58. The minimum atomic E-state index is -1.28. The van der Waals surface area contributed by atoms with E-state index in [0.717, 1.165) is 5.75 Å². The van der Waals surface area contributed by atoms with Crippen molar-refractivity contribution in [2.75, 3.05) is 37.7 Å². The highest BCUT2D eigenvalue weighted by molar-refractivity contribution is 6.04. The number of benzene rings is 1. The van der Waals surface area contributed by atoms with Crippen molar-refractivity contribution in [3.05, 3.63) is 48.6 Å². The summed E-state index contributed by atoms with van der Waals surface area (Å²) in [4.78, 5) is 47.8. The third-order valence-electron chi connectivity index (χ3n) is 8.61. The molecule has 4 aliphatic rings. The molecule has 2 fully saturated rings. The Morgan fingerprint density at radius 3 is 2.36 bits per heavy atom. The Kier molecular flexibility index (Phi) is 7.33. The molecule has 0 aromatic heterocycles. The fourth-order valence-corrected chi connectivity index (χ4v) is 6.84. The maximum Gasteiger partial charge on any atom is 0.249 e. The number of fused-ring (bicyclic) bond motifs is 2. The number of hydrogen-bond acceptors (Lipinski definition) is 6. The van der Waals surface area contributed by atoms with Crippen molar-refractivity contribution in [2.24, 2.45) is 11.8 Å². The normalized spacial score (nSPS) is 31.9. The van der Waals surface area contributed by atoms with E-state index in [1.165, 1.54) is 0 Å². The molecular weight excluding hydrogens is 498 g/mol. The third kappa shape index (κ3) is 4.17. The zero-order chi connectivity index (χ0) is 27.9. The van der Waals surface area contributed by atoms with Gasteiger partial charge in [0.15, 0.2) is 0 Å². The summed E-state index contributed by atoms with van der Waals surface area (Å²) in [5, 5.41) is 9.57. The molecule has 0 radical (unpaired) electrons. The minimum Gasteiger partial charge on any atom is -0.494 e. The Morgan fingerprint density at radius 1 is 1.00 bits per heavy atom. The average molecular weight is 538 g/mol. The van der Waals surface area contributed by atoms with Crippen LogP contribution in [-0.2, 0) is 19.1 Å². The summed E-state index contributed by atoms with van der Waals surface area (Å²) in [5.74, 6) is -1.62. The Morgan fingerprint density at radius 2 is 1.72 bits per heavy atom. The van der Waals surface area contributed by atoms with E-state index in [9.17, 15) is 19.5 Å². The van der Waals surface area contributed by atoms with E-state index in [1.807, 2.05) is 76.3 Å². The molecule has 3 amide bonds. The first kappa shape index (κ1) is 27.4. The maximum absolute atomic E-state index is 14.5. The lowest BCUT2D eigenvalue weighted by Crippen LogP contribution is -2.57. The van der Waals surface area contributed by atoms with Gasteiger partial charge in [-0.15, -0.1) is 0 Å². The van der Waals surface area contributed by atoms with E-state index < -0.39 is 29.1 Å². The zero-order valence-corrected chi connectivity index (χ0v) is 23.2. The number of carbonyl (C=O) groups is 3. The summed E-state index contributed by atoms with van der Waals surface area (Å²) in [6.07, 6.45) is 8.44. The summed E-state index contributed by atoms with van der Waals surface area (Å²) in [6, 6.07) is 6.39. The number of amides is 3. The topological polar surface area (TPSA) is 99.6 Å². The number of rotatable bonds is 8. The first-order valence-electron chi connectivity index (χ1n) is 14.1. The largest absolute Gasteiger partial charge is 0.494 e. The predicted molar refractivity (Wildman–Crippen MR) is 146 cm³/mol. The molecule has 0 bridgehead atoms. The fourth-order valence-electron chi connectivity index (χ4n) is 6.84. The first-order valence-corrected chi connectivity index (χ1v) is 14.1. The van der Waals surface area contributed by atoms with E-state index in [-0.39, 0.29) is 36.9 Å². The van der Waals surface area contributed by atoms with Crippen LogP contribution in [0.5, 0.6) is 5.75 Å². The van der Waals surface area contributed by atoms with Crippen LogP contribution in [0.1, 0.15) is 40.5 Å². The van der Waals surface area contributed by atoms with Gasteiger partial charge in [-0.1, -0.05) is 31.2 Å². The monoisotopic (exact) mass is 537 g/mol. The van der Waals surface area contributed by atoms with Crippen molar-refractivity contribution >= 4 is 23.4 Å². The van der Waals surface area contributed by atoms with Crippen molar-refractivity contribution in [3.63, 3.8) is 0 Å². The lowest BCUT2D eigenvalue weighted by atomic mass is 9.73. The van der Waals surface area contributed by atoms with Gasteiger partial charge < -0.3 is 29.3 Å². The van der Waals surface area contributed by atoms with Gasteiger partial charge >= 0.3 is 0 Å². The van der Waals surface area contributed by atoms with Gasteiger partial charge in [0, 0.05) is 38.0 Å². The summed E-state index contributed by atoms with van der Waals surface area (Å²) in [7, 11) is 0. The molecule has 4 heterocycles. The fraction of sp³-hybridized carbons (Fsp3) is 0.567. The van der Waals surface area contributed by atoms with Crippen molar-refractivity contribution in [3.8, 4) is 5.75 Å². The third-order valence-corrected chi connectivity index (χ3v) is 8.61. The van der Waals surface area contributed by atoms with Crippen molar-refractivity contribution < 1.29 is 29.0 Å². The zero-order valence-electron chi connectivity index (χ0n) is 23.2. The Labute approximate surface area is 230 Å². The molecule has 5 rings (SSSR count). The van der Waals surface area contributed by atoms with Crippen LogP contribution in [0.15, 0.2) is 48.6 Å². The van der Waals surface area contributed by atoms with E-state index in [4.69, 9.17) is 9.47 Å². The van der Waals surface area contributed by atoms with E-state index in [0.29, 0.717) is 38.2 Å². The standard InChI is InChI=1S/C30H39N3O6/c1-5-29-14-7-17-32(21-10-12-22(13-11-21)38-6-2)26(35)23(29)24-27(36)33(18-9-19-34)25-28(37)31(20(3)4)16-8-15-30(24,25)39-29/h7-8,10-15,20,23-25,34H,5-6,9,16-19H2,1-4H3/t23-,24-,25?,29+,30-/m0/s1. The van der Waals surface area contributed by atoms with Crippen LogP contribution in [-0.4, -0.2) is 88.8 Å². The van der Waals surface area contributed by atoms with Crippen molar-refractivity contribution in [1.29, 1.82) is 0 Å². The quantitative estimate of drug-likeness (QED) is 0.512. The molecule has 9 heteroatoms. The van der Waals surface area contributed by atoms with Crippen LogP contribution in [0.25, 0.3) is 0 Å². The number of aliphatic hydroxyl groups is 1. The predicted octanol–water partition coefficient (Wildman–Crippen LogP) is 2.54. The van der Waals surface area contributed by atoms with Crippen LogP contribution in [0.2, 0.25) is 0 Å². The minimum absolute atomic E-state index is 0.0742. The first-order chi connectivity index (χ1) is 18.7. The van der Waals surface area contributed by atoms with Crippen LogP contribution >= 0.6 is 0 Å². The highest BCUT2D eigenvalue weighted by Gasteiger charge is 2.75. The molecule has 1 spiro atoms. The van der Waals surface area contributed by atoms with Crippen molar-refractivity contribution in [1.82, 2.24) is 9.80 Å². The van der Waals surface area contributed by atoms with Gasteiger partial charge in [-0.2, -0.15) is 0 Å². The SMILES string of the molecule is CCOc1ccc(N2CC=C[C@@]3(CC)O[C@]45C=CCN(C(C)C)C(=O)C4N(CCCO)C(=O)[C@@H]5[C@H]3C2=O)cc1. The maximum atomic E-state index is 14.5. The molecule has 1 aromatic carbocycles. The number of aliphatic hydroxyl groups excluding tert-OH is 1. The van der Waals surface area contributed by atoms with Gasteiger partial charge in [-0.25, -0.2) is 0 Å². The molecule has 39 heavy (non-hydrogen) atoms. The summed E-state index contributed by atoms with van der Waals surface area (Å²) >= 11 is 0. The van der Waals surface area contributed by atoms with Gasteiger partial charge in [-0.3, -0.25) is 14.4 Å². The molecule has 210 valence electrons. The van der Waals surface area contributed by atoms with Gasteiger partial charge in [0.05, 0.1) is 24.0 Å². The van der Waals surface area contributed by atoms with Gasteiger partial charge in [-0.05, 0) is 57.9 Å². The Hall–Kier alpha value is -3.17. The average Bonchev–Trinajstić information content (AvgIpc) is 3.20. The number of carbonyl (C=O) groups excluding carboxylic acids is 3. The lowest BCUT2D eigenvalue weighted by Gasteiger charge is -2.39. The number of nitrogens with zero attached hydrogens (tertiary/aromatic N) is 3. The van der Waals surface area contributed by atoms with E-state index >= 15 is 0 Å². The van der Waals surface area contributed by atoms with Gasteiger partial charge in [0.25, 0.3) is 0 Å². The van der Waals surface area contributed by atoms with Crippen LogP contribution in [0, 0.1) is 11.8 Å². The van der Waals surface area contributed by atoms with E-state index in [2.05, 4.69) is 0 Å². The summed E-state index contributed by atoms with van der Waals surface area (Å²) in [6.45, 7) is 9.17. The Bertz CT molecular complexity index is 1180. The second kappa shape index (κ2) is 10.4. The lowest BCUT2D eigenvalue weighted by molar-refractivity contribution is -0.153. The number of hydrogen-bond donors (Lipinski definition) is 1.